The average Bonchev–Trinajstić information content (AvgIpc) is 2.14. The van der Waals surface area contributed by atoms with Crippen molar-refractivity contribution >= 4 is 11.3 Å². The van der Waals surface area contributed by atoms with Gasteiger partial charge in [0.25, 0.3) is 11.3 Å². The lowest BCUT2D eigenvalue weighted by atomic mass is 10.4. The zero-order valence-electron chi connectivity index (χ0n) is 5.74. The highest BCUT2D eigenvalue weighted by molar-refractivity contribution is 7.77. The largest absolute Gasteiger partial charge is 0.289 e. The van der Waals surface area contributed by atoms with Crippen LogP contribution in [-0.2, 0) is 11.3 Å². The van der Waals surface area contributed by atoms with Gasteiger partial charge in [0.05, 0.1) is 11.4 Å². The Morgan fingerprint density at radius 1 is 1.70 bits per heavy atom. The van der Waals surface area contributed by atoms with Crippen molar-refractivity contribution in [2.24, 2.45) is 0 Å². The van der Waals surface area contributed by atoms with Crippen molar-refractivity contribution in [2.75, 3.05) is 0 Å². The molecular formula is C5H8N2O2S. The Morgan fingerprint density at radius 3 is 2.50 bits per heavy atom. The number of imidazole rings is 1. The smallest absolute Gasteiger partial charge is 0.267 e. The minimum Gasteiger partial charge on any atom is -0.289 e. The minimum absolute atomic E-state index is 0.723. The Morgan fingerprint density at radius 2 is 2.30 bits per heavy atom. The lowest BCUT2D eigenvalue weighted by molar-refractivity contribution is 0.553. The van der Waals surface area contributed by atoms with Crippen LogP contribution in [0.4, 0.5) is 0 Å². The summed E-state index contributed by atoms with van der Waals surface area (Å²) in [7, 11) is 0. The lowest BCUT2D eigenvalue weighted by Gasteiger charge is -1.95. The third-order valence-corrected chi connectivity index (χ3v) is 2.08. The van der Waals surface area contributed by atoms with Gasteiger partial charge >= 0.3 is 0 Å². The topological polar surface area (TPSA) is 55.1 Å². The average molecular weight is 160 g/mol. The van der Waals surface area contributed by atoms with E-state index in [0.717, 1.165) is 11.4 Å². The summed E-state index contributed by atoms with van der Waals surface area (Å²) in [6, 6.07) is 0. The highest BCUT2D eigenvalue weighted by Crippen LogP contribution is 2.03. The molecule has 0 aliphatic heterocycles. The first-order valence-corrected chi connectivity index (χ1v) is 3.81. The molecule has 1 atom stereocenters. The van der Waals surface area contributed by atoms with E-state index in [1.807, 2.05) is 0 Å². The molecule has 10 heavy (non-hydrogen) atoms. The van der Waals surface area contributed by atoms with Crippen molar-refractivity contribution in [1.82, 2.24) is 8.96 Å². The first-order valence-electron chi connectivity index (χ1n) is 2.75. The van der Waals surface area contributed by atoms with Crippen molar-refractivity contribution in [2.45, 2.75) is 13.8 Å². The van der Waals surface area contributed by atoms with E-state index >= 15 is 0 Å². The van der Waals surface area contributed by atoms with E-state index in [4.69, 9.17) is 4.55 Å². The summed E-state index contributed by atoms with van der Waals surface area (Å²) in [5.74, 6) is 0. The number of aromatic nitrogens is 2. The summed E-state index contributed by atoms with van der Waals surface area (Å²) in [5, 5.41) is 0. The summed E-state index contributed by atoms with van der Waals surface area (Å²) < 4.78 is 20.3. The highest BCUT2D eigenvalue weighted by Gasteiger charge is 2.04. The van der Waals surface area contributed by atoms with Gasteiger partial charge in [-0.25, -0.2) is 13.2 Å². The lowest BCUT2D eigenvalue weighted by Crippen LogP contribution is -2.02. The molecule has 1 aromatic rings. The number of hydrogen-bond donors (Lipinski definition) is 1. The first kappa shape index (κ1) is 7.43. The summed E-state index contributed by atoms with van der Waals surface area (Å²) in [5.41, 5.74) is 1.50. The van der Waals surface area contributed by atoms with Crippen LogP contribution in [-0.4, -0.2) is 17.7 Å². The number of rotatable bonds is 1. The van der Waals surface area contributed by atoms with E-state index in [1.54, 1.807) is 13.8 Å². The standard InChI is InChI=1S/C5H8N2O2S/c1-4-5(2)7(3-6-4)10(8)9/h3H,1-2H3,(H,8,9). The molecule has 0 saturated carbocycles. The molecule has 0 aromatic carbocycles. The van der Waals surface area contributed by atoms with Crippen LogP contribution >= 0.6 is 0 Å². The Balaban J connectivity index is 3.17. The van der Waals surface area contributed by atoms with E-state index in [-0.39, 0.29) is 0 Å². The van der Waals surface area contributed by atoms with Crippen molar-refractivity contribution in [3.8, 4) is 0 Å². The third kappa shape index (κ3) is 1.10. The van der Waals surface area contributed by atoms with Crippen LogP contribution in [0.5, 0.6) is 0 Å². The summed E-state index contributed by atoms with van der Waals surface area (Å²) >= 11 is -1.97. The van der Waals surface area contributed by atoms with Crippen LogP contribution in [0.2, 0.25) is 0 Å². The normalized spacial score (nSPS) is 13.5. The van der Waals surface area contributed by atoms with Gasteiger partial charge in [-0.2, -0.15) is 0 Å². The fraction of sp³-hybridized carbons (Fsp3) is 0.400. The molecule has 0 spiro atoms. The summed E-state index contributed by atoms with van der Waals surface area (Å²) in [6.07, 6.45) is 1.35. The van der Waals surface area contributed by atoms with Gasteiger partial charge in [0.2, 0.25) is 0 Å². The fourth-order valence-electron chi connectivity index (χ4n) is 0.636. The van der Waals surface area contributed by atoms with Crippen molar-refractivity contribution in [3.05, 3.63) is 17.7 Å². The maximum Gasteiger partial charge on any atom is 0.267 e. The van der Waals surface area contributed by atoms with E-state index in [9.17, 15) is 4.21 Å². The monoisotopic (exact) mass is 160 g/mol. The molecule has 56 valence electrons. The SMILES string of the molecule is Cc1ncn(S(=O)O)c1C. The second-order valence-electron chi connectivity index (χ2n) is 1.97. The Hall–Kier alpha value is -0.680. The van der Waals surface area contributed by atoms with Crippen LogP contribution in [0.3, 0.4) is 0 Å². The van der Waals surface area contributed by atoms with Crippen LogP contribution in [0.15, 0.2) is 6.33 Å². The highest BCUT2D eigenvalue weighted by atomic mass is 32.2. The molecule has 0 amide bonds. The number of nitrogens with zero attached hydrogens (tertiary/aromatic N) is 2. The molecular weight excluding hydrogens is 152 g/mol. The molecule has 0 bridgehead atoms. The number of aryl methyl sites for hydroxylation is 1. The molecule has 0 aliphatic rings. The van der Waals surface area contributed by atoms with Gasteiger partial charge in [0.1, 0.15) is 6.33 Å². The predicted octanol–water partition coefficient (Wildman–Crippen LogP) is 0.485. The maximum absolute atomic E-state index is 10.5. The van der Waals surface area contributed by atoms with E-state index in [0.29, 0.717) is 0 Å². The molecule has 4 nitrogen and oxygen atoms in total. The van der Waals surface area contributed by atoms with Gasteiger partial charge in [-0.3, -0.25) is 4.55 Å². The molecule has 0 saturated heterocycles. The first-order chi connectivity index (χ1) is 4.63. The number of hydrogen-bond acceptors (Lipinski definition) is 2. The van der Waals surface area contributed by atoms with Crippen LogP contribution in [0.1, 0.15) is 11.4 Å². The van der Waals surface area contributed by atoms with Gasteiger partial charge in [0.15, 0.2) is 0 Å². The summed E-state index contributed by atoms with van der Waals surface area (Å²) in [6.45, 7) is 3.54. The van der Waals surface area contributed by atoms with Gasteiger partial charge < -0.3 is 0 Å². The Kier molecular flexibility index (Phi) is 1.87. The molecule has 5 heteroatoms. The van der Waals surface area contributed by atoms with Gasteiger partial charge in [-0.05, 0) is 13.8 Å². The zero-order chi connectivity index (χ0) is 7.72. The van der Waals surface area contributed by atoms with Gasteiger partial charge in [-0.1, -0.05) is 0 Å². The minimum atomic E-state index is -1.97. The van der Waals surface area contributed by atoms with E-state index in [1.165, 1.54) is 10.3 Å². The Bertz CT molecular complexity index is 269. The molecule has 0 radical (unpaired) electrons. The predicted molar refractivity (Wildman–Crippen MR) is 37.9 cm³/mol. The Labute approximate surface area is 61.3 Å². The van der Waals surface area contributed by atoms with Crippen LogP contribution in [0, 0.1) is 13.8 Å². The van der Waals surface area contributed by atoms with Gasteiger partial charge in [-0.15, -0.1) is 0 Å². The van der Waals surface area contributed by atoms with Gasteiger partial charge in [0, 0.05) is 0 Å². The quantitative estimate of drug-likeness (QED) is 0.608. The molecule has 1 N–H and O–H groups in total. The zero-order valence-corrected chi connectivity index (χ0v) is 6.55. The molecule has 1 rings (SSSR count). The molecule has 0 aliphatic carbocycles. The molecule has 1 aromatic heterocycles. The van der Waals surface area contributed by atoms with Crippen molar-refractivity contribution < 1.29 is 8.76 Å². The molecule has 1 unspecified atom stereocenters. The fourth-order valence-corrected chi connectivity index (χ4v) is 1.13. The van der Waals surface area contributed by atoms with Crippen molar-refractivity contribution in [3.63, 3.8) is 0 Å². The second kappa shape index (κ2) is 2.51. The summed E-state index contributed by atoms with van der Waals surface area (Å²) in [4.78, 5) is 3.85. The van der Waals surface area contributed by atoms with Crippen molar-refractivity contribution in [1.29, 1.82) is 0 Å². The third-order valence-electron chi connectivity index (χ3n) is 1.38. The van der Waals surface area contributed by atoms with E-state index < -0.39 is 11.3 Å². The maximum atomic E-state index is 10.5. The molecule has 0 fully saturated rings. The van der Waals surface area contributed by atoms with E-state index in [2.05, 4.69) is 4.98 Å². The van der Waals surface area contributed by atoms with Crippen LogP contribution in [0.25, 0.3) is 0 Å². The molecule has 1 heterocycles. The van der Waals surface area contributed by atoms with Crippen LogP contribution < -0.4 is 0 Å². The second-order valence-corrected chi connectivity index (χ2v) is 2.83.